The average molecular weight is 195 g/mol. The van der Waals surface area contributed by atoms with Crippen LogP contribution in [0.2, 0.25) is 0 Å². The quantitative estimate of drug-likeness (QED) is 0.727. The molecule has 0 fully saturated rings. The van der Waals surface area contributed by atoms with Gasteiger partial charge in [0.15, 0.2) is 0 Å². The second kappa shape index (κ2) is 5.15. The van der Waals surface area contributed by atoms with Crippen LogP contribution >= 0.6 is 0 Å². The maximum absolute atomic E-state index is 4.42. The number of hydrogen-bond donors (Lipinski definition) is 1. The van der Waals surface area contributed by atoms with Gasteiger partial charge in [-0.15, -0.1) is 0 Å². The first kappa shape index (κ1) is 11.2. The predicted octanol–water partition coefficient (Wildman–Crippen LogP) is 1.89. The van der Waals surface area contributed by atoms with E-state index in [0.29, 0.717) is 6.04 Å². The number of nitrogens with one attached hydrogen (secondary N) is 1. The summed E-state index contributed by atoms with van der Waals surface area (Å²) >= 11 is 0. The molecule has 1 aromatic rings. The van der Waals surface area contributed by atoms with Gasteiger partial charge in [0.2, 0.25) is 0 Å². The van der Waals surface area contributed by atoms with Crippen molar-refractivity contribution in [3.05, 3.63) is 17.5 Å². The molecule has 0 bridgehead atoms. The molecule has 0 unspecified atom stereocenters. The molecule has 0 saturated heterocycles. The molecule has 1 heterocycles. The van der Waals surface area contributed by atoms with Crippen LogP contribution in [0.25, 0.3) is 0 Å². The van der Waals surface area contributed by atoms with E-state index in [0.717, 1.165) is 25.2 Å². The van der Waals surface area contributed by atoms with Crippen LogP contribution < -0.4 is 5.32 Å². The van der Waals surface area contributed by atoms with E-state index in [2.05, 4.69) is 41.9 Å². The highest BCUT2D eigenvalue weighted by Crippen LogP contribution is 2.02. The van der Waals surface area contributed by atoms with E-state index in [4.69, 9.17) is 0 Å². The van der Waals surface area contributed by atoms with Crippen LogP contribution in [-0.2, 0) is 6.54 Å². The van der Waals surface area contributed by atoms with Gasteiger partial charge in [0.05, 0.1) is 5.69 Å². The Balaban J connectivity index is 2.28. The first-order valence-electron chi connectivity index (χ1n) is 5.34. The first-order chi connectivity index (χ1) is 6.59. The summed E-state index contributed by atoms with van der Waals surface area (Å²) < 4.78 is 2.08. The molecule has 1 aromatic heterocycles. The van der Waals surface area contributed by atoms with Gasteiger partial charge in [0, 0.05) is 18.3 Å². The molecule has 14 heavy (non-hydrogen) atoms. The van der Waals surface area contributed by atoms with Crippen molar-refractivity contribution in [3.8, 4) is 0 Å². The van der Waals surface area contributed by atoms with Crippen LogP contribution in [0.3, 0.4) is 0 Å². The standard InChI is InChI=1S/C11H21N3/c1-9(2)12-6-5-7-14-11(4)8-10(3)13-14/h8-9,12H,5-7H2,1-4H3. The zero-order valence-corrected chi connectivity index (χ0v) is 9.67. The Kier molecular flexibility index (Phi) is 4.14. The second-order valence-electron chi connectivity index (χ2n) is 4.11. The fraction of sp³-hybridized carbons (Fsp3) is 0.727. The van der Waals surface area contributed by atoms with E-state index in [1.54, 1.807) is 0 Å². The molecule has 0 saturated carbocycles. The fourth-order valence-corrected chi connectivity index (χ4v) is 1.52. The number of aromatic nitrogens is 2. The van der Waals surface area contributed by atoms with Gasteiger partial charge in [-0.05, 0) is 32.9 Å². The Morgan fingerprint density at radius 3 is 2.64 bits per heavy atom. The van der Waals surface area contributed by atoms with Crippen LogP contribution in [0.1, 0.15) is 31.7 Å². The van der Waals surface area contributed by atoms with Crippen LogP contribution in [0.5, 0.6) is 0 Å². The molecule has 3 heteroatoms. The molecule has 0 aromatic carbocycles. The molecule has 0 radical (unpaired) electrons. The Morgan fingerprint density at radius 1 is 1.43 bits per heavy atom. The average Bonchev–Trinajstić information content (AvgIpc) is 2.39. The smallest absolute Gasteiger partial charge is 0.0596 e. The highest BCUT2D eigenvalue weighted by molar-refractivity contribution is 5.06. The molecule has 80 valence electrons. The minimum Gasteiger partial charge on any atom is -0.314 e. The predicted molar refractivity (Wildman–Crippen MR) is 59.5 cm³/mol. The van der Waals surface area contributed by atoms with E-state index < -0.39 is 0 Å². The highest BCUT2D eigenvalue weighted by Gasteiger charge is 1.99. The maximum atomic E-state index is 4.42. The normalized spacial score (nSPS) is 11.2. The molecule has 0 aliphatic carbocycles. The zero-order valence-electron chi connectivity index (χ0n) is 9.67. The number of aryl methyl sites for hydroxylation is 3. The first-order valence-corrected chi connectivity index (χ1v) is 5.34. The minimum absolute atomic E-state index is 0.579. The van der Waals surface area contributed by atoms with Gasteiger partial charge in [-0.3, -0.25) is 4.68 Å². The summed E-state index contributed by atoms with van der Waals surface area (Å²) in [5, 5.41) is 7.82. The molecule has 0 spiro atoms. The summed E-state index contributed by atoms with van der Waals surface area (Å²) in [6, 6.07) is 2.70. The largest absolute Gasteiger partial charge is 0.314 e. The van der Waals surface area contributed by atoms with Crippen molar-refractivity contribution in [2.24, 2.45) is 0 Å². The van der Waals surface area contributed by atoms with E-state index in [1.165, 1.54) is 5.69 Å². The third-order valence-electron chi connectivity index (χ3n) is 2.20. The van der Waals surface area contributed by atoms with Crippen LogP contribution in [0.4, 0.5) is 0 Å². The van der Waals surface area contributed by atoms with Gasteiger partial charge >= 0.3 is 0 Å². The molecule has 0 atom stereocenters. The monoisotopic (exact) mass is 195 g/mol. The lowest BCUT2D eigenvalue weighted by Gasteiger charge is -2.08. The van der Waals surface area contributed by atoms with E-state index >= 15 is 0 Å². The summed E-state index contributed by atoms with van der Waals surface area (Å²) in [5.74, 6) is 0. The Morgan fingerprint density at radius 2 is 2.14 bits per heavy atom. The van der Waals surface area contributed by atoms with Crippen molar-refractivity contribution in [2.75, 3.05) is 6.54 Å². The van der Waals surface area contributed by atoms with Gasteiger partial charge in [0.25, 0.3) is 0 Å². The summed E-state index contributed by atoms with van der Waals surface area (Å²) in [4.78, 5) is 0. The molecule has 0 aliphatic heterocycles. The van der Waals surface area contributed by atoms with E-state index in [9.17, 15) is 0 Å². The van der Waals surface area contributed by atoms with E-state index in [-0.39, 0.29) is 0 Å². The maximum Gasteiger partial charge on any atom is 0.0596 e. The van der Waals surface area contributed by atoms with Crippen molar-refractivity contribution in [1.82, 2.24) is 15.1 Å². The van der Waals surface area contributed by atoms with Gasteiger partial charge in [-0.25, -0.2) is 0 Å². The van der Waals surface area contributed by atoms with Gasteiger partial charge in [-0.1, -0.05) is 13.8 Å². The Bertz CT molecular complexity index is 276. The lowest BCUT2D eigenvalue weighted by Crippen LogP contribution is -2.24. The number of nitrogens with zero attached hydrogens (tertiary/aromatic N) is 2. The zero-order chi connectivity index (χ0) is 10.6. The molecule has 0 amide bonds. The molecular formula is C11H21N3. The highest BCUT2D eigenvalue weighted by atomic mass is 15.3. The minimum atomic E-state index is 0.579. The van der Waals surface area contributed by atoms with Gasteiger partial charge in [-0.2, -0.15) is 5.10 Å². The SMILES string of the molecule is Cc1cc(C)n(CCCNC(C)C)n1. The van der Waals surface area contributed by atoms with Crippen molar-refractivity contribution in [1.29, 1.82) is 0 Å². The molecule has 3 nitrogen and oxygen atoms in total. The van der Waals surface area contributed by atoms with Gasteiger partial charge < -0.3 is 5.32 Å². The van der Waals surface area contributed by atoms with Crippen LogP contribution in [0.15, 0.2) is 6.07 Å². The molecule has 1 N–H and O–H groups in total. The van der Waals surface area contributed by atoms with Crippen LogP contribution in [-0.4, -0.2) is 22.4 Å². The summed E-state index contributed by atoms with van der Waals surface area (Å²) in [7, 11) is 0. The Labute approximate surface area is 86.5 Å². The summed E-state index contributed by atoms with van der Waals surface area (Å²) in [6.45, 7) is 10.6. The lowest BCUT2D eigenvalue weighted by molar-refractivity contribution is 0.506. The topological polar surface area (TPSA) is 29.9 Å². The third-order valence-corrected chi connectivity index (χ3v) is 2.20. The third kappa shape index (κ3) is 3.50. The fourth-order valence-electron chi connectivity index (χ4n) is 1.52. The van der Waals surface area contributed by atoms with Crippen molar-refractivity contribution in [2.45, 2.75) is 46.7 Å². The van der Waals surface area contributed by atoms with Crippen molar-refractivity contribution < 1.29 is 0 Å². The van der Waals surface area contributed by atoms with Crippen molar-refractivity contribution in [3.63, 3.8) is 0 Å². The van der Waals surface area contributed by atoms with Crippen LogP contribution in [0, 0.1) is 13.8 Å². The summed E-state index contributed by atoms with van der Waals surface area (Å²) in [5.41, 5.74) is 2.37. The van der Waals surface area contributed by atoms with Crippen molar-refractivity contribution >= 4 is 0 Å². The number of rotatable bonds is 5. The lowest BCUT2D eigenvalue weighted by atomic mass is 10.3. The molecule has 1 rings (SSSR count). The second-order valence-corrected chi connectivity index (χ2v) is 4.11. The summed E-state index contributed by atoms with van der Waals surface area (Å²) in [6.07, 6.45) is 1.14. The molecule has 0 aliphatic rings. The van der Waals surface area contributed by atoms with E-state index in [1.807, 2.05) is 6.92 Å². The Hall–Kier alpha value is -0.830. The number of hydrogen-bond acceptors (Lipinski definition) is 2. The molecular weight excluding hydrogens is 174 g/mol. The van der Waals surface area contributed by atoms with Gasteiger partial charge in [0.1, 0.15) is 0 Å².